The van der Waals surface area contributed by atoms with E-state index in [0.29, 0.717) is 17.9 Å². The average molecular weight is 1880 g/mol. The van der Waals surface area contributed by atoms with Gasteiger partial charge in [-0.1, -0.05) is 79.8 Å². The summed E-state index contributed by atoms with van der Waals surface area (Å²) >= 11 is 0. The second-order valence-corrected chi connectivity index (χ2v) is 25.5. The van der Waals surface area contributed by atoms with Gasteiger partial charge in [0.2, 0.25) is 0 Å². The van der Waals surface area contributed by atoms with E-state index in [9.17, 15) is 0 Å². The first kappa shape index (κ1) is 75.4. The number of nitrogens with zero attached hydrogens (tertiary/aromatic N) is 12. The topological polar surface area (TPSA) is 115 Å². The predicted octanol–water partition coefficient (Wildman–Crippen LogP) is 19.6. The summed E-state index contributed by atoms with van der Waals surface area (Å²) in [6.07, 6.45) is 23.4. The van der Waals surface area contributed by atoms with E-state index in [1.165, 1.54) is 61.4 Å². The van der Waals surface area contributed by atoms with Crippen molar-refractivity contribution in [3.8, 4) is 73.6 Å². The van der Waals surface area contributed by atoms with Crippen LogP contribution in [0.5, 0.6) is 11.5 Å². The Morgan fingerprint density at radius 1 is 0.412 bits per heavy atom. The monoisotopic (exact) mass is 1880 g/mol. The third-order valence-electron chi connectivity index (χ3n) is 18.3. The minimum Gasteiger partial charge on any atom is -0.559 e. The number of aromatic nitrogens is 8. The summed E-state index contributed by atoms with van der Waals surface area (Å²) in [5, 5.41) is 3.71. The number of para-hydroxylation sites is 2. The van der Waals surface area contributed by atoms with E-state index < -0.39 is 0 Å². The molecule has 0 saturated heterocycles. The van der Waals surface area contributed by atoms with E-state index in [1.54, 1.807) is 0 Å². The third-order valence-corrected chi connectivity index (χ3v) is 18.3. The van der Waals surface area contributed by atoms with Crippen molar-refractivity contribution in [2.75, 3.05) is 10.0 Å². The van der Waals surface area contributed by atoms with Gasteiger partial charge in [-0.05, 0) is 156 Å². The molecule has 4 aromatic heterocycles. The fourth-order valence-electron chi connectivity index (χ4n) is 12.7. The fourth-order valence-corrected chi connectivity index (χ4v) is 12.7. The van der Waals surface area contributed by atoms with Crippen molar-refractivity contribution in [1.29, 1.82) is 0 Å². The predicted molar refractivity (Wildman–Crippen MR) is 399 cm³/mol. The SMILES string of the molecule is Cc1c(C)c(C)c(-n2cnc(-c3[c-]c(Cc4nc(-c5[c-]cccc5)cn4C)ccc3)c2)c(C)c1C.Cc1cccc(C)c1-n1cnc(-c2[c-]c(Cc3[c-]c(N4C=CC(C)[N-]4)ccc3)ccc2)c1.Cc1cccc(C)c1-n1cnc(-c2[c-]c(Oc3[c-]c(N4C=CC(C)[N-]4)ccc3)ccc2)c1.[Pt+2].[Pt].[Pt]. The summed E-state index contributed by atoms with van der Waals surface area (Å²) < 4.78 is 14.5. The van der Waals surface area contributed by atoms with Crippen molar-refractivity contribution in [3.05, 3.63) is 340 Å². The molecule has 0 radical (unpaired) electrons. The molecule has 2 aliphatic heterocycles. The molecule has 2 unspecified atom stereocenters. The van der Waals surface area contributed by atoms with Gasteiger partial charge < -0.3 is 43.9 Å². The van der Waals surface area contributed by atoms with Crippen LogP contribution in [0.2, 0.25) is 0 Å². The molecule has 13 aromatic rings. The Morgan fingerprint density at radius 3 is 1.31 bits per heavy atom. The summed E-state index contributed by atoms with van der Waals surface area (Å²) in [5.74, 6) is 2.22. The Kier molecular flexibility index (Phi) is 24.9. The summed E-state index contributed by atoms with van der Waals surface area (Å²) in [5.41, 5.74) is 36.8. The Bertz CT molecular complexity index is 4850. The number of benzene rings is 9. The molecule has 0 fully saturated rings. The summed E-state index contributed by atoms with van der Waals surface area (Å²) in [4.78, 5) is 18.9. The molecular formula is C86H78N12OPt3-6. The zero-order valence-corrected chi connectivity index (χ0v) is 65.9. The van der Waals surface area contributed by atoms with Gasteiger partial charge in [0.05, 0.1) is 36.0 Å². The molecular weight excluding hydrogens is 1800 g/mol. The van der Waals surface area contributed by atoms with Gasteiger partial charge in [0.15, 0.2) is 0 Å². The van der Waals surface area contributed by atoms with Crippen LogP contribution in [0, 0.1) is 98.7 Å². The standard InChI is InChI=1S/C31H30N4.C28H25N4.C27H23N4O.3Pt/c1-20-21(2)23(4)31(24(5)22(20)3)35-18-28(32-19-35)27-14-10-11-25(15-27)16-30-33-29(17-34(30)6)26-12-8-7-9-13-26;1-20-7-4-8-21(2)28(20)31-18-27(29-19-31)25-11-5-9-23(16-25)15-24-10-6-12-26(17-24)32-14-13-22(3)30-32;1-19-7-4-8-20(2)27(19)30-17-26(28-18-30)22-9-5-11-24(15-22)32-25-12-6-10-23(16-25)31-14-13-21(3)29-31;;;/h7-12,14,17-19H,16H2,1-6H3;4-14,18-19,22H,15H2,1-3H3;4-14,17-18,21H,1-3H3;;;/q-2;2*-3;;;+2. The Hall–Kier alpha value is -9.32. The third kappa shape index (κ3) is 17.2. The molecule has 0 aliphatic carbocycles. The smallest absolute Gasteiger partial charge is 0.559 e. The zero-order chi connectivity index (χ0) is 68.8. The van der Waals surface area contributed by atoms with Crippen LogP contribution in [0.25, 0.3) is 72.9 Å². The Labute approximate surface area is 643 Å². The first-order valence-electron chi connectivity index (χ1n) is 33.4. The van der Waals surface area contributed by atoms with Gasteiger partial charge in [0.1, 0.15) is 5.82 Å². The number of ether oxygens (including phenoxy) is 1. The largest absolute Gasteiger partial charge is 2.00 e. The second-order valence-electron chi connectivity index (χ2n) is 25.5. The Balaban J connectivity index is 0.000000163. The number of hydrogen-bond acceptors (Lipinski definition) is 7. The van der Waals surface area contributed by atoms with Gasteiger partial charge >= 0.3 is 21.1 Å². The molecule has 0 amide bonds. The number of anilines is 2. The van der Waals surface area contributed by atoms with Crippen molar-refractivity contribution in [2.45, 2.75) is 101 Å². The molecule has 524 valence electrons. The minimum absolute atomic E-state index is 0. The van der Waals surface area contributed by atoms with Crippen LogP contribution in [-0.2, 0) is 83.1 Å². The number of hydrogen-bond donors (Lipinski definition) is 0. The summed E-state index contributed by atoms with van der Waals surface area (Å²) in [6.45, 7) is 23.6. The zero-order valence-electron chi connectivity index (χ0n) is 59.1. The molecule has 2 atom stereocenters. The minimum atomic E-state index is 0. The van der Waals surface area contributed by atoms with Crippen LogP contribution in [0.3, 0.4) is 0 Å². The molecule has 0 spiro atoms. The molecule has 0 bridgehead atoms. The van der Waals surface area contributed by atoms with Gasteiger partial charge in [-0.3, -0.25) is 19.9 Å². The molecule has 9 aromatic carbocycles. The molecule has 13 nitrogen and oxygen atoms in total. The van der Waals surface area contributed by atoms with Gasteiger partial charge in [0.25, 0.3) is 0 Å². The second kappa shape index (κ2) is 33.7. The molecule has 0 saturated carbocycles. The van der Waals surface area contributed by atoms with E-state index >= 15 is 0 Å². The van der Waals surface area contributed by atoms with Crippen LogP contribution < -0.4 is 14.8 Å². The van der Waals surface area contributed by atoms with Crippen molar-refractivity contribution in [2.24, 2.45) is 7.05 Å². The van der Waals surface area contributed by atoms with Crippen LogP contribution in [0.1, 0.15) is 86.4 Å². The van der Waals surface area contributed by atoms with Gasteiger partial charge in [0, 0.05) is 89.9 Å². The molecule has 0 N–H and O–H groups in total. The number of aryl methyl sites for hydroxylation is 5. The van der Waals surface area contributed by atoms with Crippen molar-refractivity contribution < 1.29 is 67.9 Å². The fraction of sp³-hybridized carbons (Fsp3) is 0.186. The molecule has 102 heavy (non-hydrogen) atoms. The first-order chi connectivity index (χ1) is 48.0. The van der Waals surface area contributed by atoms with Crippen LogP contribution in [0.15, 0.2) is 220 Å². The van der Waals surface area contributed by atoms with Crippen molar-refractivity contribution in [1.82, 2.24) is 38.2 Å². The van der Waals surface area contributed by atoms with E-state index in [0.717, 1.165) is 91.0 Å². The molecule has 6 heterocycles. The molecule has 16 heteroatoms. The van der Waals surface area contributed by atoms with Crippen LogP contribution in [0.4, 0.5) is 11.4 Å². The maximum atomic E-state index is 6.06. The van der Waals surface area contributed by atoms with E-state index in [4.69, 9.17) is 14.7 Å². The summed E-state index contributed by atoms with van der Waals surface area (Å²) in [6, 6.07) is 71.7. The van der Waals surface area contributed by atoms with Gasteiger partial charge in [-0.2, -0.15) is 29.8 Å². The van der Waals surface area contributed by atoms with E-state index in [2.05, 4.69) is 254 Å². The van der Waals surface area contributed by atoms with E-state index in [1.807, 2.05) is 134 Å². The molecule has 15 rings (SSSR count). The maximum absolute atomic E-state index is 6.06. The Morgan fingerprint density at radius 2 is 0.824 bits per heavy atom. The van der Waals surface area contributed by atoms with Gasteiger partial charge in [-0.15, -0.1) is 167 Å². The van der Waals surface area contributed by atoms with Crippen molar-refractivity contribution in [3.63, 3.8) is 0 Å². The first-order valence-corrected chi connectivity index (χ1v) is 33.4. The molecule has 2 aliphatic rings. The van der Waals surface area contributed by atoms with Crippen molar-refractivity contribution >= 4 is 11.4 Å². The number of imidazole rings is 4. The van der Waals surface area contributed by atoms with Gasteiger partial charge in [-0.25, -0.2) is 0 Å². The quantitative estimate of drug-likeness (QED) is 0.0939. The van der Waals surface area contributed by atoms with Crippen LogP contribution >= 0.6 is 0 Å². The number of rotatable bonds is 15. The van der Waals surface area contributed by atoms with Crippen LogP contribution in [-0.4, -0.2) is 50.3 Å². The normalized spacial score (nSPS) is 13.5. The van der Waals surface area contributed by atoms with E-state index in [-0.39, 0.29) is 75.3 Å². The summed E-state index contributed by atoms with van der Waals surface area (Å²) in [7, 11) is 2.04. The average Bonchev–Trinajstić information content (AvgIpc) is 1.51. The maximum Gasteiger partial charge on any atom is 2.00 e.